The molecule has 0 heterocycles. The zero-order valence-electron chi connectivity index (χ0n) is 17.3. The highest BCUT2D eigenvalue weighted by Crippen LogP contribution is 2.19. The summed E-state index contributed by atoms with van der Waals surface area (Å²) >= 11 is 0. The number of halogens is 1. The second-order valence-corrected chi connectivity index (χ2v) is 7.14. The van der Waals surface area contributed by atoms with Crippen molar-refractivity contribution >= 4 is 5.91 Å². The van der Waals surface area contributed by atoms with Crippen molar-refractivity contribution in [2.75, 3.05) is 7.11 Å². The number of ether oxygens (including phenoxy) is 2. The molecule has 3 aromatic carbocycles. The smallest absolute Gasteiger partial charge is 0.220 e. The first-order valence-electron chi connectivity index (χ1n) is 9.90. The third-order valence-corrected chi connectivity index (χ3v) is 4.83. The summed E-state index contributed by atoms with van der Waals surface area (Å²) < 4.78 is 23.9. The SMILES string of the molecule is COc1ccc(CCC(=O)NCc2ccc(OCc3ccc(F)cc3)cc2)cc1C. The summed E-state index contributed by atoms with van der Waals surface area (Å²) in [6.07, 6.45) is 1.12. The first-order valence-corrected chi connectivity index (χ1v) is 9.90. The lowest BCUT2D eigenvalue weighted by molar-refractivity contribution is -0.121. The van der Waals surface area contributed by atoms with Crippen molar-refractivity contribution in [1.29, 1.82) is 0 Å². The molecule has 0 aliphatic carbocycles. The van der Waals surface area contributed by atoms with Crippen LogP contribution in [0.15, 0.2) is 66.7 Å². The zero-order valence-corrected chi connectivity index (χ0v) is 17.3. The van der Waals surface area contributed by atoms with Gasteiger partial charge >= 0.3 is 0 Å². The molecule has 1 N–H and O–H groups in total. The van der Waals surface area contributed by atoms with Crippen molar-refractivity contribution in [3.8, 4) is 11.5 Å². The van der Waals surface area contributed by atoms with Crippen molar-refractivity contribution in [3.05, 3.63) is 94.8 Å². The molecule has 0 aliphatic rings. The molecule has 0 atom stereocenters. The fraction of sp³-hybridized carbons (Fsp3) is 0.240. The highest BCUT2D eigenvalue weighted by molar-refractivity contribution is 5.76. The van der Waals surface area contributed by atoms with E-state index in [4.69, 9.17) is 9.47 Å². The summed E-state index contributed by atoms with van der Waals surface area (Å²) in [4.78, 5) is 12.2. The van der Waals surface area contributed by atoms with Gasteiger partial charge in [0, 0.05) is 13.0 Å². The Hall–Kier alpha value is -3.34. The van der Waals surface area contributed by atoms with Crippen LogP contribution in [0, 0.1) is 12.7 Å². The Kier molecular flexibility index (Phi) is 7.44. The van der Waals surface area contributed by atoms with E-state index in [9.17, 15) is 9.18 Å². The Morgan fingerprint density at radius 2 is 1.60 bits per heavy atom. The molecule has 0 spiro atoms. The standard InChI is InChI=1S/C25H26FNO3/c1-18-15-19(7-13-24(18)29-2)8-14-25(28)27-16-20-5-11-23(12-6-20)30-17-21-3-9-22(26)10-4-21/h3-7,9-13,15H,8,14,16-17H2,1-2H3,(H,27,28). The van der Waals surface area contributed by atoms with Gasteiger partial charge in [-0.25, -0.2) is 4.39 Å². The van der Waals surface area contributed by atoms with Crippen LogP contribution in [-0.4, -0.2) is 13.0 Å². The second-order valence-electron chi connectivity index (χ2n) is 7.14. The quantitative estimate of drug-likeness (QED) is 0.545. The molecule has 5 heteroatoms. The minimum Gasteiger partial charge on any atom is -0.496 e. The predicted octanol–water partition coefficient (Wildman–Crippen LogP) is 4.97. The van der Waals surface area contributed by atoms with E-state index in [1.165, 1.54) is 12.1 Å². The van der Waals surface area contributed by atoms with Crippen LogP contribution in [0.2, 0.25) is 0 Å². The lowest BCUT2D eigenvalue weighted by Gasteiger charge is -2.09. The molecule has 3 rings (SSSR count). The Bertz CT molecular complexity index is 969. The van der Waals surface area contributed by atoms with Crippen LogP contribution in [0.4, 0.5) is 4.39 Å². The van der Waals surface area contributed by atoms with Gasteiger partial charge in [-0.1, -0.05) is 36.4 Å². The van der Waals surface area contributed by atoms with Gasteiger partial charge in [-0.15, -0.1) is 0 Å². The molecule has 156 valence electrons. The zero-order chi connectivity index (χ0) is 21.3. The molecule has 4 nitrogen and oxygen atoms in total. The van der Waals surface area contributed by atoms with E-state index in [-0.39, 0.29) is 11.7 Å². The first kappa shape index (κ1) is 21.4. The molecule has 0 bridgehead atoms. The molecule has 0 fully saturated rings. The van der Waals surface area contributed by atoms with Crippen molar-refractivity contribution in [1.82, 2.24) is 5.32 Å². The molecular weight excluding hydrogens is 381 g/mol. The maximum atomic E-state index is 12.9. The Balaban J connectivity index is 1.41. The summed E-state index contributed by atoms with van der Waals surface area (Å²) in [5.74, 6) is 1.34. The fourth-order valence-corrected chi connectivity index (χ4v) is 3.09. The molecular formula is C25H26FNO3. The first-order chi connectivity index (χ1) is 14.5. The number of methoxy groups -OCH3 is 1. The number of hydrogen-bond acceptors (Lipinski definition) is 3. The fourth-order valence-electron chi connectivity index (χ4n) is 3.09. The van der Waals surface area contributed by atoms with Gasteiger partial charge in [-0.2, -0.15) is 0 Å². The van der Waals surface area contributed by atoms with Gasteiger partial charge in [-0.3, -0.25) is 4.79 Å². The van der Waals surface area contributed by atoms with Crippen molar-refractivity contribution in [3.63, 3.8) is 0 Å². The lowest BCUT2D eigenvalue weighted by atomic mass is 10.1. The Labute approximate surface area is 176 Å². The van der Waals surface area contributed by atoms with Crippen molar-refractivity contribution < 1.29 is 18.7 Å². The maximum absolute atomic E-state index is 12.9. The molecule has 0 unspecified atom stereocenters. The Morgan fingerprint density at radius 3 is 2.27 bits per heavy atom. The molecule has 0 radical (unpaired) electrons. The number of nitrogens with one attached hydrogen (secondary N) is 1. The van der Waals surface area contributed by atoms with E-state index in [1.807, 2.05) is 43.3 Å². The van der Waals surface area contributed by atoms with E-state index in [0.717, 1.165) is 33.8 Å². The second kappa shape index (κ2) is 10.4. The van der Waals surface area contributed by atoms with E-state index in [1.54, 1.807) is 19.2 Å². The van der Waals surface area contributed by atoms with Crippen LogP contribution in [-0.2, 0) is 24.4 Å². The highest BCUT2D eigenvalue weighted by atomic mass is 19.1. The van der Waals surface area contributed by atoms with Crippen molar-refractivity contribution in [2.24, 2.45) is 0 Å². The molecule has 0 saturated heterocycles. The third-order valence-electron chi connectivity index (χ3n) is 4.83. The van der Waals surface area contributed by atoms with Crippen LogP contribution >= 0.6 is 0 Å². The number of hydrogen-bond donors (Lipinski definition) is 1. The summed E-state index contributed by atoms with van der Waals surface area (Å²) in [5, 5.41) is 2.95. The van der Waals surface area contributed by atoms with Gasteiger partial charge in [0.25, 0.3) is 0 Å². The monoisotopic (exact) mass is 407 g/mol. The van der Waals surface area contributed by atoms with E-state index >= 15 is 0 Å². The predicted molar refractivity (Wildman–Crippen MR) is 115 cm³/mol. The van der Waals surface area contributed by atoms with Gasteiger partial charge in [0.05, 0.1) is 7.11 Å². The lowest BCUT2D eigenvalue weighted by Crippen LogP contribution is -2.22. The molecule has 1 amide bonds. The van der Waals surface area contributed by atoms with Gasteiger partial charge in [0.1, 0.15) is 23.9 Å². The van der Waals surface area contributed by atoms with E-state index < -0.39 is 0 Å². The number of aryl methyl sites for hydroxylation is 2. The summed E-state index contributed by atoms with van der Waals surface area (Å²) in [6, 6.07) is 19.8. The average molecular weight is 407 g/mol. The van der Waals surface area contributed by atoms with Gasteiger partial charge < -0.3 is 14.8 Å². The van der Waals surface area contributed by atoms with Gasteiger partial charge in [0.2, 0.25) is 5.91 Å². The van der Waals surface area contributed by atoms with Crippen LogP contribution < -0.4 is 14.8 Å². The number of amides is 1. The van der Waals surface area contributed by atoms with Crippen LogP contribution in [0.25, 0.3) is 0 Å². The summed E-state index contributed by atoms with van der Waals surface area (Å²) in [7, 11) is 1.65. The average Bonchev–Trinajstić information content (AvgIpc) is 2.76. The highest BCUT2D eigenvalue weighted by Gasteiger charge is 2.05. The van der Waals surface area contributed by atoms with Crippen molar-refractivity contribution in [2.45, 2.75) is 32.9 Å². The Morgan fingerprint density at radius 1 is 0.933 bits per heavy atom. The van der Waals surface area contributed by atoms with Crippen LogP contribution in [0.3, 0.4) is 0 Å². The number of benzene rings is 3. The minimum absolute atomic E-state index is 0.0140. The topological polar surface area (TPSA) is 47.6 Å². The number of carbonyl (C=O) groups excluding carboxylic acids is 1. The molecule has 0 saturated carbocycles. The van der Waals surface area contributed by atoms with E-state index in [0.29, 0.717) is 26.0 Å². The van der Waals surface area contributed by atoms with Crippen LogP contribution in [0.5, 0.6) is 11.5 Å². The number of carbonyl (C=O) groups is 1. The van der Waals surface area contributed by atoms with Gasteiger partial charge in [-0.05, 0) is 65.9 Å². The largest absolute Gasteiger partial charge is 0.496 e. The molecule has 3 aromatic rings. The third kappa shape index (κ3) is 6.34. The summed E-state index contributed by atoms with van der Waals surface area (Å²) in [6.45, 7) is 2.84. The molecule has 0 aliphatic heterocycles. The molecule has 30 heavy (non-hydrogen) atoms. The minimum atomic E-state index is -0.260. The summed E-state index contributed by atoms with van der Waals surface area (Å²) in [5.41, 5.74) is 4.08. The number of rotatable bonds is 9. The van der Waals surface area contributed by atoms with Gasteiger partial charge in [0.15, 0.2) is 0 Å². The molecule has 0 aromatic heterocycles. The normalized spacial score (nSPS) is 10.5. The van der Waals surface area contributed by atoms with Crippen LogP contribution in [0.1, 0.15) is 28.7 Å². The maximum Gasteiger partial charge on any atom is 0.220 e. The van der Waals surface area contributed by atoms with E-state index in [2.05, 4.69) is 11.4 Å².